The van der Waals surface area contributed by atoms with Gasteiger partial charge in [0, 0.05) is 18.7 Å². The molecule has 0 fully saturated rings. The van der Waals surface area contributed by atoms with Gasteiger partial charge in [-0.25, -0.2) is 0 Å². The number of ether oxygens (including phenoxy) is 1. The first-order valence-electron chi connectivity index (χ1n) is 8.90. The number of unbranched alkanes of at least 4 members (excludes halogenated alkanes) is 1. The van der Waals surface area contributed by atoms with Crippen LogP contribution in [0.3, 0.4) is 0 Å². The first-order chi connectivity index (χ1) is 13.5. The second kappa shape index (κ2) is 10.8. The number of benzene rings is 1. The number of carbonyl (C=O) groups excluding carboxylic acids is 1. The third kappa shape index (κ3) is 5.32. The average molecular weight is 420 g/mol. The first-order valence-corrected chi connectivity index (χ1v) is 10.1. The third-order valence-corrected chi connectivity index (χ3v) is 5.46. The van der Waals surface area contributed by atoms with Gasteiger partial charge in [-0.05, 0) is 24.1 Å². The molecule has 0 unspecified atom stereocenters. The van der Waals surface area contributed by atoms with Crippen molar-refractivity contribution in [1.29, 1.82) is 5.26 Å². The van der Waals surface area contributed by atoms with Crippen LogP contribution < -0.4 is 20.1 Å². The van der Waals surface area contributed by atoms with Gasteiger partial charge < -0.3 is 10.1 Å². The Kier molecular flexibility index (Phi) is 8.45. The van der Waals surface area contributed by atoms with Gasteiger partial charge in [0.15, 0.2) is 5.57 Å². The summed E-state index contributed by atoms with van der Waals surface area (Å²) < 4.78 is 7.20. The molecule has 0 aliphatic carbocycles. The van der Waals surface area contributed by atoms with Crippen LogP contribution in [-0.2, 0) is 16.1 Å². The molecule has 0 atom stereocenters. The van der Waals surface area contributed by atoms with Crippen LogP contribution in [0.15, 0.2) is 29.1 Å². The van der Waals surface area contributed by atoms with Crippen molar-refractivity contribution in [1.82, 2.24) is 9.88 Å². The lowest BCUT2D eigenvalue weighted by Crippen LogP contribution is -2.36. The van der Waals surface area contributed by atoms with Gasteiger partial charge in [-0.3, -0.25) is 14.2 Å². The molecular weight excluding hydrogens is 398 g/mol. The molecule has 0 saturated carbocycles. The number of carbonyl (C=O) groups is 1. The second-order valence-electron chi connectivity index (χ2n) is 5.98. The maximum atomic E-state index is 12.9. The highest BCUT2D eigenvalue weighted by molar-refractivity contribution is 7.07. The SMILES string of the molecule is CCCCNC(=O)/C(C#N)=c1\s/c(=C\c2ccccc2Cl)c(=O)n1CCOC. The molecule has 8 heteroatoms. The number of nitrogens with one attached hydrogen (secondary N) is 1. The Morgan fingerprint density at radius 3 is 2.82 bits per heavy atom. The van der Waals surface area contributed by atoms with E-state index in [1.165, 1.54) is 11.7 Å². The molecule has 0 spiro atoms. The summed E-state index contributed by atoms with van der Waals surface area (Å²) in [7, 11) is 1.53. The minimum absolute atomic E-state index is 0.0758. The Balaban J connectivity index is 2.66. The average Bonchev–Trinajstić information content (AvgIpc) is 2.98. The van der Waals surface area contributed by atoms with Crippen LogP contribution in [0.1, 0.15) is 25.3 Å². The number of hydrogen-bond acceptors (Lipinski definition) is 5. The Morgan fingerprint density at radius 1 is 1.43 bits per heavy atom. The summed E-state index contributed by atoms with van der Waals surface area (Å²) in [5.41, 5.74) is 0.332. The van der Waals surface area contributed by atoms with Crippen LogP contribution in [-0.4, -0.2) is 30.7 Å². The van der Waals surface area contributed by atoms with E-state index in [2.05, 4.69) is 5.32 Å². The maximum Gasteiger partial charge on any atom is 0.269 e. The highest BCUT2D eigenvalue weighted by Crippen LogP contribution is 2.15. The van der Waals surface area contributed by atoms with E-state index in [-0.39, 0.29) is 24.3 Å². The number of aromatic nitrogens is 1. The standard InChI is InChI=1S/C20H22ClN3O3S/c1-3-4-9-23-18(25)15(13-22)20-24(10-11-27-2)19(26)17(28-20)12-14-7-5-6-8-16(14)21/h5-8,12H,3-4,9-11H2,1-2H3,(H,23,25)/b17-12-,20-15-. The first kappa shape index (κ1) is 21.9. The zero-order chi connectivity index (χ0) is 20.5. The summed E-state index contributed by atoms with van der Waals surface area (Å²) in [6, 6.07) is 9.11. The van der Waals surface area contributed by atoms with Crippen molar-refractivity contribution in [3.63, 3.8) is 0 Å². The number of hydrogen-bond donors (Lipinski definition) is 1. The molecule has 6 nitrogen and oxygen atoms in total. The van der Waals surface area contributed by atoms with E-state index in [1.807, 2.05) is 19.1 Å². The van der Waals surface area contributed by atoms with Crippen molar-refractivity contribution in [3.05, 3.63) is 54.4 Å². The van der Waals surface area contributed by atoms with Crippen molar-refractivity contribution < 1.29 is 9.53 Å². The lowest BCUT2D eigenvalue weighted by Gasteiger charge is -2.04. The molecule has 2 aromatic rings. The quantitative estimate of drug-likeness (QED) is 0.659. The van der Waals surface area contributed by atoms with Crippen molar-refractivity contribution in [2.75, 3.05) is 20.3 Å². The summed E-state index contributed by atoms with van der Waals surface area (Å²) in [6.45, 7) is 3.02. The summed E-state index contributed by atoms with van der Waals surface area (Å²) in [4.78, 5) is 25.4. The zero-order valence-electron chi connectivity index (χ0n) is 15.8. The number of nitrogens with zero attached hydrogens (tertiary/aromatic N) is 2. The van der Waals surface area contributed by atoms with E-state index in [0.717, 1.165) is 24.2 Å². The number of halogens is 1. The Bertz CT molecular complexity index is 1050. The van der Waals surface area contributed by atoms with Crippen LogP contribution in [0.2, 0.25) is 5.02 Å². The van der Waals surface area contributed by atoms with Crippen LogP contribution >= 0.6 is 22.9 Å². The summed E-state index contributed by atoms with van der Waals surface area (Å²) in [5, 5.41) is 12.8. The van der Waals surface area contributed by atoms with Gasteiger partial charge in [-0.1, -0.05) is 43.1 Å². The van der Waals surface area contributed by atoms with Crippen LogP contribution in [0.25, 0.3) is 11.6 Å². The minimum Gasteiger partial charge on any atom is -0.383 e. The zero-order valence-corrected chi connectivity index (χ0v) is 17.4. The number of methoxy groups -OCH3 is 1. The molecular formula is C20H22ClN3O3S. The molecule has 1 heterocycles. The third-order valence-electron chi connectivity index (χ3n) is 3.99. The van der Waals surface area contributed by atoms with E-state index in [9.17, 15) is 14.9 Å². The minimum atomic E-state index is -0.479. The lowest BCUT2D eigenvalue weighted by molar-refractivity contribution is -0.115. The fourth-order valence-electron chi connectivity index (χ4n) is 2.49. The molecule has 1 aromatic heterocycles. The van der Waals surface area contributed by atoms with E-state index >= 15 is 0 Å². The van der Waals surface area contributed by atoms with Crippen LogP contribution in [0.5, 0.6) is 0 Å². The van der Waals surface area contributed by atoms with Crippen molar-refractivity contribution in [3.8, 4) is 6.07 Å². The fraction of sp³-hybridized carbons (Fsp3) is 0.350. The molecule has 0 aliphatic heterocycles. The number of amides is 1. The van der Waals surface area contributed by atoms with Gasteiger partial charge >= 0.3 is 0 Å². The monoisotopic (exact) mass is 419 g/mol. The predicted molar refractivity (Wildman–Crippen MR) is 112 cm³/mol. The van der Waals surface area contributed by atoms with Crippen LogP contribution in [0.4, 0.5) is 0 Å². The summed E-state index contributed by atoms with van der Waals surface area (Å²) >= 11 is 7.29. The molecule has 148 valence electrons. The van der Waals surface area contributed by atoms with E-state index in [0.29, 0.717) is 26.3 Å². The lowest BCUT2D eigenvalue weighted by atomic mass is 10.2. The van der Waals surface area contributed by atoms with Crippen molar-refractivity contribution in [2.24, 2.45) is 0 Å². The van der Waals surface area contributed by atoms with Gasteiger partial charge in [0.2, 0.25) is 0 Å². The van der Waals surface area contributed by atoms with Gasteiger partial charge in [0.25, 0.3) is 11.5 Å². The summed E-state index contributed by atoms with van der Waals surface area (Å²) in [6.07, 6.45) is 3.42. The largest absolute Gasteiger partial charge is 0.383 e. The normalized spacial score (nSPS) is 12.6. The molecule has 0 aliphatic rings. The number of thiazole rings is 1. The van der Waals surface area contributed by atoms with E-state index in [1.54, 1.807) is 24.3 Å². The summed E-state index contributed by atoms with van der Waals surface area (Å²) in [5.74, 6) is -0.479. The molecule has 1 N–H and O–H groups in total. The second-order valence-corrected chi connectivity index (χ2v) is 7.42. The highest BCUT2D eigenvalue weighted by atomic mass is 35.5. The maximum absolute atomic E-state index is 12.9. The van der Waals surface area contributed by atoms with Crippen molar-refractivity contribution in [2.45, 2.75) is 26.3 Å². The fourth-order valence-corrected chi connectivity index (χ4v) is 3.79. The highest BCUT2D eigenvalue weighted by Gasteiger charge is 2.15. The van der Waals surface area contributed by atoms with Gasteiger partial charge in [-0.15, -0.1) is 11.3 Å². The van der Waals surface area contributed by atoms with Gasteiger partial charge in [0.05, 0.1) is 17.7 Å². The van der Waals surface area contributed by atoms with Gasteiger partial charge in [-0.2, -0.15) is 5.26 Å². The molecule has 1 aromatic carbocycles. The molecule has 28 heavy (non-hydrogen) atoms. The molecule has 2 rings (SSSR count). The molecule has 0 radical (unpaired) electrons. The topological polar surface area (TPSA) is 84.1 Å². The Hall–Kier alpha value is -2.40. The van der Waals surface area contributed by atoms with E-state index < -0.39 is 5.91 Å². The molecule has 1 amide bonds. The predicted octanol–water partition coefficient (Wildman–Crippen LogP) is 1.63. The van der Waals surface area contributed by atoms with Gasteiger partial charge in [0.1, 0.15) is 10.7 Å². The number of rotatable bonds is 8. The Labute approximate surface area is 172 Å². The van der Waals surface area contributed by atoms with Crippen molar-refractivity contribution >= 4 is 40.5 Å². The van der Waals surface area contributed by atoms with Crippen LogP contribution in [0, 0.1) is 11.3 Å². The smallest absolute Gasteiger partial charge is 0.269 e. The molecule has 0 saturated heterocycles. The Morgan fingerprint density at radius 2 is 2.18 bits per heavy atom. The van der Waals surface area contributed by atoms with E-state index in [4.69, 9.17) is 16.3 Å². The molecule has 0 bridgehead atoms. The number of nitriles is 1.